The second-order valence-corrected chi connectivity index (χ2v) is 3.54. The van der Waals surface area contributed by atoms with Crippen LogP contribution in [0.1, 0.15) is 20.3 Å². The topological polar surface area (TPSA) is 37.4 Å². The molecule has 1 atom stereocenters. The van der Waals surface area contributed by atoms with E-state index in [9.17, 15) is 9.59 Å². The van der Waals surface area contributed by atoms with Crippen LogP contribution in [0.2, 0.25) is 0 Å². The minimum Gasteiger partial charge on any atom is -0.279 e. The predicted molar refractivity (Wildman–Crippen MR) is 44.4 cm³/mol. The van der Waals surface area contributed by atoms with Gasteiger partial charge in [-0.25, -0.2) is 0 Å². The Morgan fingerprint density at radius 3 is 2.27 bits per heavy atom. The number of carbonyl (C=O) groups excluding carboxylic acids is 2. The summed E-state index contributed by atoms with van der Waals surface area (Å²) in [6, 6.07) is -0.0350. The van der Waals surface area contributed by atoms with E-state index in [0.717, 1.165) is 0 Å². The fourth-order valence-electron chi connectivity index (χ4n) is 1.18. The molecule has 3 nitrogen and oxygen atoms in total. The monoisotopic (exact) mass is 173 g/mol. The maximum atomic E-state index is 11.2. The van der Waals surface area contributed by atoms with Gasteiger partial charge in [0.05, 0.1) is 5.25 Å². The highest BCUT2D eigenvalue weighted by Gasteiger charge is 2.37. The maximum Gasteiger partial charge on any atom is 0.242 e. The van der Waals surface area contributed by atoms with Crippen LogP contribution >= 0.6 is 12.6 Å². The summed E-state index contributed by atoms with van der Waals surface area (Å²) in [5, 5.41) is -0.412. The number of carbonyl (C=O) groups is 2. The molecule has 0 radical (unpaired) electrons. The molecule has 0 aliphatic carbocycles. The minimum atomic E-state index is -0.412. The van der Waals surface area contributed by atoms with Crippen molar-refractivity contribution >= 4 is 24.4 Å². The molecule has 4 heteroatoms. The van der Waals surface area contributed by atoms with Gasteiger partial charge in [-0.05, 0) is 13.8 Å². The molecule has 1 saturated heterocycles. The van der Waals surface area contributed by atoms with Gasteiger partial charge in [0.15, 0.2) is 0 Å². The number of rotatable bonds is 1. The van der Waals surface area contributed by atoms with E-state index in [-0.39, 0.29) is 24.3 Å². The standard InChI is InChI=1S/C7H11NO2S/c1-4(2)8-6(9)3-5(11)7(8)10/h4-5,11H,3H2,1-2H3. The van der Waals surface area contributed by atoms with Gasteiger partial charge in [-0.1, -0.05) is 0 Å². The van der Waals surface area contributed by atoms with Crippen LogP contribution < -0.4 is 0 Å². The summed E-state index contributed by atoms with van der Waals surface area (Å²) in [4.78, 5) is 23.6. The van der Waals surface area contributed by atoms with Gasteiger partial charge < -0.3 is 0 Å². The van der Waals surface area contributed by atoms with Crippen molar-refractivity contribution in [2.24, 2.45) is 0 Å². The first-order valence-corrected chi connectivity index (χ1v) is 4.09. The molecule has 0 aromatic heterocycles. The van der Waals surface area contributed by atoms with Crippen molar-refractivity contribution in [2.75, 3.05) is 0 Å². The third-order valence-corrected chi connectivity index (χ3v) is 2.08. The highest BCUT2D eigenvalue weighted by Crippen LogP contribution is 2.19. The van der Waals surface area contributed by atoms with Crippen molar-refractivity contribution < 1.29 is 9.59 Å². The molecule has 0 spiro atoms. The number of nitrogens with zero attached hydrogens (tertiary/aromatic N) is 1. The SMILES string of the molecule is CC(C)N1C(=O)CC(S)C1=O. The fraction of sp³-hybridized carbons (Fsp3) is 0.714. The molecule has 0 aromatic carbocycles. The third kappa shape index (κ3) is 1.40. The van der Waals surface area contributed by atoms with E-state index < -0.39 is 5.25 Å². The van der Waals surface area contributed by atoms with Crippen molar-refractivity contribution in [3.8, 4) is 0 Å². The largest absolute Gasteiger partial charge is 0.279 e. The van der Waals surface area contributed by atoms with Crippen LogP contribution in [0.15, 0.2) is 0 Å². The molecule has 1 fully saturated rings. The van der Waals surface area contributed by atoms with Gasteiger partial charge in [-0.3, -0.25) is 14.5 Å². The summed E-state index contributed by atoms with van der Waals surface area (Å²) >= 11 is 3.99. The average molecular weight is 173 g/mol. The first-order valence-electron chi connectivity index (χ1n) is 3.58. The van der Waals surface area contributed by atoms with E-state index in [1.807, 2.05) is 13.8 Å². The Morgan fingerprint density at radius 1 is 1.55 bits per heavy atom. The molecule has 62 valence electrons. The zero-order valence-corrected chi connectivity index (χ0v) is 7.47. The summed E-state index contributed by atoms with van der Waals surface area (Å²) in [6.07, 6.45) is 0.250. The zero-order chi connectivity index (χ0) is 8.59. The van der Waals surface area contributed by atoms with E-state index in [4.69, 9.17) is 0 Å². The number of hydrogen-bond donors (Lipinski definition) is 1. The molecule has 1 aliphatic rings. The number of amides is 2. The first kappa shape index (κ1) is 8.59. The van der Waals surface area contributed by atoms with Crippen molar-refractivity contribution in [2.45, 2.75) is 31.6 Å². The second-order valence-electron chi connectivity index (χ2n) is 2.92. The summed E-state index contributed by atoms with van der Waals surface area (Å²) in [6.45, 7) is 3.64. The summed E-state index contributed by atoms with van der Waals surface area (Å²) < 4.78 is 0. The number of hydrogen-bond acceptors (Lipinski definition) is 3. The van der Waals surface area contributed by atoms with Gasteiger partial charge in [0.2, 0.25) is 11.8 Å². The Labute approximate surface area is 71.2 Å². The highest BCUT2D eigenvalue weighted by atomic mass is 32.1. The Balaban J connectivity index is 2.80. The van der Waals surface area contributed by atoms with Crippen LogP contribution in [0.25, 0.3) is 0 Å². The smallest absolute Gasteiger partial charge is 0.242 e. The lowest BCUT2D eigenvalue weighted by Crippen LogP contribution is -2.36. The van der Waals surface area contributed by atoms with Crippen molar-refractivity contribution in [3.63, 3.8) is 0 Å². The molecule has 0 saturated carbocycles. The number of thiol groups is 1. The van der Waals surface area contributed by atoms with Crippen LogP contribution in [0.3, 0.4) is 0 Å². The van der Waals surface area contributed by atoms with Crippen LogP contribution in [-0.2, 0) is 9.59 Å². The van der Waals surface area contributed by atoms with E-state index in [1.165, 1.54) is 4.90 Å². The molecule has 11 heavy (non-hydrogen) atoms. The van der Waals surface area contributed by atoms with Gasteiger partial charge in [0.1, 0.15) is 0 Å². The summed E-state index contributed by atoms with van der Waals surface area (Å²) in [7, 11) is 0. The molecule has 1 unspecified atom stereocenters. The van der Waals surface area contributed by atoms with Gasteiger partial charge >= 0.3 is 0 Å². The molecule has 0 aromatic rings. The lowest BCUT2D eigenvalue weighted by Gasteiger charge is -2.17. The minimum absolute atomic E-state index is 0.0350. The van der Waals surface area contributed by atoms with Crippen molar-refractivity contribution in [1.82, 2.24) is 4.90 Å². The molecule has 0 N–H and O–H groups in total. The molecule has 1 aliphatic heterocycles. The lowest BCUT2D eigenvalue weighted by atomic mass is 10.3. The van der Waals surface area contributed by atoms with Gasteiger partial charge in [0, 0.05) is 12.5 Å². The average Bonchev–Trinajstić information content (AvgIpc) is 2.07. The molecule has 1 heterocycles. The van der Waals surface area contributed by atoms with Gasteiger partial charge in [-0.2, -0.15) is 12.6 Å². The molecule has 2 amide bonds. The quantitative estimate of drug-likeness (QED) is 0.462. The van der Waals surface area contributed by atoms with Crippen molar-refractivity contribution in [3.05, 3.63) is 0 Å². The molecular weight excluding hydrogens is 162 g/mol. The third-order valence-electron chi connectivity index (χ3n) is 1.68. The highest BCUT2D eigenvalue weighted by molar-refractivity contribution is 7.81. The zero-order valence-electron chi connectivity index (χ0n) is 6.57. The number of likely N-dealkylation sites (tertiary alicyclic amines) is 1. The predicted octanol–water partition coefficient (Wildman–Crippen LogP) is 0.452. The van der Waals surface area contributed by atoms with Crippen LogP contribution in [-0.4, -0.2) is 28.0 Å². The van der Waals surface area contributed by atoms with E-state index in [2.05, 4.69) is 12.6 Å². The van der Waals surface area contributed by atoms with Crippen LogP contribution in [0, 0.1) is 0 Å². The van der Waals surface area contributed by atoms with E-state index in [1.54, 1.807) is 0 Å². The van der Waals surface area contributed by atoms with Gasteiger partial charge in [-0.15, -0.1) is 0 Å². The van der Waals surface area contributed by atoms with Gasteiger partial charge in [0.25, 0.3) is 0 Å². The van der Waals surface area contributed by atoms with Crippen molar-refractivity contribution in [1.29, 1.82) is 0 Å². The summed E-state index contributed by atoms with van der Waals surface area (Å²) in [5.74, 6) is -0.265. The van der Waals surface area contributed by atoms with Crippen LogP contribution in [0.4, 0.5) is 0 Å². The Morgan fingerprint density at radius 2 is 2.09 bits per heavy atom. The Kier molecular flexibility index (Phi) is 2.23. The first-order chi connectivity index (χ1) is 5.04. The van der Waals surface area contributed by atoms with Crippen LogP contribution in [0.5, 0.6) is 0 Å². The molecule has 1 rings (SSSR count). The van der Waals surface area contributed by atoms with E-state index in [0.29, 0.717) is 0 Å². The summed E-state index contributed by atoms with van der Waals surface area (Å²) in [5.41, 5.74) is 0. The lowest BCUT2D eigenvalue weighted by molar-refractivity contribution is -0.140. The normalized spacial score (nSPS) is 25.5. The second kappa shape index (κ2) is 2.85. The fourth-order valence-corrected chi connectivity index (χ4v) is 1.46. The Hall–Kier alpha value is -0.510. The molecular formula is C7H11NO2S. The number of imide groups is 1. The Bertz CT molecular complexity index is 203. The maximum absolute atomic E-state index is 11.2. The van der Waals surface area contributed by atoms with E-state index >= 15 is 0 Å². The molecule has 0 bridgehead atoms.